The van der Waals surface area contributed by atoms with Gasteiger partial charge in [0.05, 0.1) is 55.3 Å². The summed E-state index contributed by atoms with van der Waals surface area (Å²) in [4.78, 5) is 23.8. The number of nitrogens with zero attached hydrogens (tertiary/aromatic N) is 5. The summed E-state index contributed by atoms with van der Waals surface area (Å²) in [5.74, 6) is 0.639. The molecule has 1 fully saturated rings. The molecule has 9 nitrogen and oxygen atoms in total. The third kappa shape index (κ3) is 6.58. The van der Waals surface area contributed by atoms with E-state index in [0.29, 0.717) is 61.5 Å². The number of nitrogen functional groups attached to an aromatic ring is 2. The molecule has 1 saturated carbocycles. The van der Waals surface area contributed by atoms with E-state index in [2.05, 4.69) is 15.0 Å². The lowest BCUT2D eigenvalue weighted by molar-refractivity contribution is -0.136. The molecule has 16 heteroatoms. The Balaban J connectivity index is 1.10. The van der Waals surface area contributed by atoms with Crippen LogP contribution in [-0.4, -0.2) is 44.3 Å². The van der Waals surface area contributed by atoms with E-state index in [1.54, 1.807) is 24.5 Å². The van der Waals surface area contributed by atoms with Gasteiger partial charge in [0.15, 0.2) is 5.82 Å². The molecule has 6 aromatic heterocycles. The van der Waals surface area contributed by atoms with Crippen molar-refractivity contribution in [1.29, 1.82) is 0 Å². The molecule has 0 spiro atoms. The second kappa shape index (κ2) is 14.5. The molecule has 1 aliphatic rings. The predicted molar refractivity (Wildman–Crippen MR) is 211 cm³/mol. The van der Waals surface area contributed by atoms with Gasteiger partial charge in [-0.25, -0.2) is 15.0 Å². The van der Waals surface area contributed by atoms with Crippen molar-refractivity contribution >= 4 is 76.1 Å². The van der Waals surface area contributed by atoms with E-state index >= 15 is 0 Å². The van der Waals surface area contributed by atoms with Gasteiger partial charge in [-0.3, -0.25) is 18.4 Å². The summed E-state index contributed by atoms with van der Waals surface area (Å²) < 4.78 is 71.0. The maximum Gasteiger partial charge on any atom is 0.417 e. The average Bonchev–Trinajstić information content (AvgIpc) is 3.69. The van der Waals surface area contributed by atoms with E-state index in [9.17, 15) is 21.6 Å². The van der Waals surface area contributed by atoms with Crippen molar-refractivity contribution in [3.63, 3.8) is 0 Å². The van der Waals surface area contributed by atoms with Gasteiger partial charge >= 0.3 is 6.18 Å². The number of alkyl halides is 3. The number of anilines is 2. The second-order valence-corrected chi connectivity index (χ2v) is 18.5. The van der Waals surface area contributed by atoms with Crippen LogP contribution in [0.1, 0.15) is 49.8 Å². The topological polar surface area (TPSA) is 151 Å². The fourth-order valence-corrected chi connectivity index (χ4v) is 12.6. The van der Waals surface area contributed by atoms with E-state index in [4.69, 9.17) is 21.4 Å². The highest BCUT2D eigenvalue weighted by Gasteiger charge is 2.40. The van der Waals surface area contributed by atoms with Gasteiger partial charge < -0.3 is 11.5 Å². The molecule has 0 amide bonds. The molecule has 6 heterocycles. The zero-order chi connectivity index (χ0) is 37.7. The minimum Gasteiger partial charge on any atom is -0.396 e. The summed E-state index contributed by atoms with van der Waals surface area (Å²) in [7, 11) is -3.04. The maximum atomic E-state index is 14.4. The Hall–Kier alpha value is -4.64. The molecule has 276 valence electrons. The minimum atomic E-state index is -4.72. The van der Waals surface area contributed by atoms with E-state index < -0.39 is 33.3 Å². The first-order valence-electron chi connectivity index (χ1n) is 17.1. The summed E-state index contributed by atoms with van der Waals surface area (Å²) in [6, 6.07) is 17.8. The smallest absolute Gasteiger partial charge is 0.396 e. The quantitative estimate of drug-likeness (QED) is 0.138. The van der Waals surface area contributed by atoms with Crippen LogP contribution >= 0.6 is 22.7 Å². The summed E-state index contributed by atoms with van der Waals surface area (Å²) in [5.41, 5.74) is 15.6. The highest BCUT2D eigenvalue weighted by molar-refractivity contribution is 7.88. The SMILES string of the molecule is CCCCS(=O)c1sc2nc(-c3ccc(C4CCC4S(=O)c4sc5nc(-c6cccnc6)nc(-c6ccccc6)c5c4N)nc3)cc(C(F)(F)F)c2c1N. The van der Waals surface area contributed by atoms with Crippen molar-refractivity contribution in [2.75, 3.05) is 17.2 Å². The lowest BCUT2D eigenvalue weighted by Gasteiger charge is -2.35. The summed E-state index contributed by atoms with van der Waals surface area (Å²) in [6.07, 6.45) is 3.03. The first-order valence-corrected chi connectivity index (χ1v) is 21.3. The minimum absolute atomic E-state index is 0.0734. The van der Waals surface area contributed by atoms with Gasteiger partial charge in [-0.2, -0.15) is 13.2 Å². The number of hydrogen-bond donors (Lipinski definition) is 2. The first-order chi connectivity index (χ1) is 26.0. The molecule has 4 unspecified atom stereocenters. The van der Waals surface area contributed by atoms with Crippen molar-refractivity contribution in [2.24, 2.45) is 0 Å². The lowest BCUT2D eigenvalue weighted by Crippen LogP contribution is -2.34. The number of pyridine rings is 3. The van der Waals surface area contributed by atoms with Crippen LogP contribution in [0.4, 0.5) is 24.5 Å². The van der Waals surface area contributed by atoms with Crippen molar-refractivity contribution in [3.05, 3.63) is 90.5 Å². The molecule has 4 atom stereocenters. The van der Waals surface area contributed by atoms with Gasteiger partial charge in [0.1, 0.15) is 18.1 Å². The fraction of sp³-hybridized carbons (Fsp3) is 0.237. The number of hydrogen-bond acceptors (Lipinski definition) is 11. The first kappa shape index (κ1) is 36.3. The molecule has 1 aromatic carbocycles. The van der Waals surface area contributed by atoms with Crippen LogP contribution in [0.15, 0.2) is 87.7 Å². The summed E-state index contributed by atoms with van der Waals surface area (Å²) in [5, 5.41) is 0.142. The van der Waals surface area contributed by atoms with Gasteiger partial charge in [-0.15, -0.1) is 22.7 Å². The number of benzene rings is 1. The molecule has 4 N–H and O–H groups in total. The summed E-state index contributed by atoms with van der Waals surface area (Å²) in [6.45, 7) is 1.95. The molecule has 0 saturated heterocycles. The number of rotatable bonds is 10. The summed E-state index contributed by atoms with van der Waals surface area (Å²) >= 11 is 2.23. The van der Waals surface area contributed by atoms with Crippen molar-refractivity contribution in [1.82, 2.24) is 24.9 Å². The monoisotopic (exact) mass is 803 g/mol. The van der Waals surface area contributed by atoms with Crippen molar-refractivity contribution < 1.29 is 21.6 Å². The number of fused-ring (bicyclic) bond motifs is 2. The number of thiophene rings is 2. The van der Waals surface area contributed by atoms with Crippen LogP contribution in [-0.2, 0) is 27.8 Å². The van der Waals surface area contributed by atoms with Crippen LogP contribution in [0.3, 0.4) is 0 Å². The molecule has 0 aliphatic heterocycles. The Kier molecular flexibility index (Phi) is 9.79. The average molecular weight is 804 g/mol. The van der Waals surface area contributed by atoms with Gasteiger partial charge in [-0.05, 0) is 49.6 Å². The highest BCUT2D eigenvalue weighted by Crippen LogP contribution is 2.48. The van der Waals surface area contributed by atoms with Gasteiger partial charge in [-0.1, -0.05) is 43.7 Å². The molecule has 54 heavy (non-hydrogen) atoms. The Morgan fingerprint density at radius 3 is 2.24 bits per heavy atom. The maximum absolute atomic E-state index is 14.4. The Bertz CT molecular complexity index is 2560. The van der Waals surface area contributed by atoms with Gasteiger partial charge in [0.2, 0.25) is 0 Å². The predicted octanol–water partition coefficient (Wildman–Crippen LogP) is 9.24. The molecular weight excluding hydrogens is 772 g/mol. The zero-order valence-corrected chi connectivity index (χ0v) is 31.9. The molecule has 0 bridgehead atoms. The van der Waals surface area contributed by atoms with Crippen LogP contribution < -0.4 is 11.5 Å². The number of halogens is 3. The lowest BCUT2D eigenvalue weighted by atomic mass is 9.82. The standard InChI is InChI=1S/C38H32F3N7O2S4/c1-2-3-16-53(49)36-30(42)28-24(38(39,40)41)17-26(46-34(28)51-36)21-11-13-25(45-19-21)23-12-14-27(23)54(50)37-31(43)29-32(20-8-5-4-6-9-20)47-33(48-35(29)52-37)22-10-7-15-44-18-22/h4-11,13,15,17-19,23,27H,2-3,12,14,16,42-43H2,1H3. The molecule has 8 rings (SSSR count). The van der Waals surface area contributed by atoms with E-state index in [-0.39, 0.29) is 37.0 Å². The normalized spacial score (nSPS) is 17.1. The number of unbranched alkanes of at least 4 members (excludes halogenated alkanes) is 1. The largest absolute Gasteiger partial charge is 0.417 e. The zero-order valence-electron chi connectivity index (χ0n) is 28.7. The Labute approximate surface area is 321 Å². The third-order valence-corrected chi connectivity index (χ3v) is 15.8. The highest BCUT2D eigenvalue weighted by atomic mass is 32.2. The number of aromatic nitrogens is 5. The molecule has 7 aromatic rings. The van der Waals surface area contributed by atoms with Crippen molar-refractivity contribution in [2.45, 2.75) is 58.4 Å². The van der Waals surface area contributed by atoms with Crippen LogP contribution in [0.2, 0.25) is 0 Å². The van der Waals surface area contributed by atoms with Crippen LogP contribution in [0.25, 0.3) is 54.3 Å². The molecule has 1 aliphatic carbocycles. The van der Waals surface area contributed by atoms with Crippen LogP contribution in [0, 0.1) is 0 Å². The number of nitrogens with two attached hydrogens (primary N) is 2. The van der Waals surface area contributed by atoms with Gasteiger partial charge in [0.25, 0.3) is 0 Å². The Morgan fingerprint density at radius 1 is 0.833 bits per heavy atom. The third-order valence-electron chi connectivity index (χ3n) is 9.51. The fourth-order valence-electron chi connectivity index (χ4n) is 6.57. The van der Waals surface area contributed by atoms with E-state index in [1.165, 1.54) is 17.5 Å². The van der Waals surface area contributed by atoms with Crippen LogP contribution in [0.5, 0.6) is 0 Å². The van der Waals surface area contributed by atoms with Gasteiger partial charge in [0, 0.05) is 63.3 Å². The second-order valence-electron chi connectivity index (χ2n) is 12.9. The van der Waals surface area contributed by atoms with E-state index in [0.717, 1.165) is 41.4 Å². The Morgan fingerprint density at radius 2 is 1.57 bits per heavy atom. The molecular formula is C38H32F3N7O2S4. The van der Waals surface area contributed by atoms with Crippen molar-refractivity contribution in [3.8, 4) is 33.9 Å². The van der Waals surface area contributed by atoms with E-state index in [1.807, 2.05) is 49.4 Å². The molecule has 0 radical (unpaired) electrons.